The Balaban J connectivity index is 1.33. The Kier molecular flexibility index (Phi) is 6.58. The van der Waals surface area contributed by atoms with Crippen LogP contribution in [0.2, 0.25) is 10.0 Å². The van der Waals surface area contributed by atoms with E-state index in [4.69, 9.17) is 23.2 Å². The van der Waals surface area contributed by atoms with Crippen LogP contribution in [0.4, 0.5) is 5.69 Å². The summed E-state index contributed by atoms with van der Waals surface area (Å²) < 4.78 is 0. The fourth-order valence-corrected chi connectivity index (χ4v) is 4.00. The van der Waals surface area contributed by atoms with Gasteiger partial charge in [0, 0.05) is 16.6 Å². The highest BCUT2D eigenvalue weighted by Gasteiger charge is 2.43. The summed E-state index contributed by atoms with van der Waals surface area (Å²) in [6, 6.07) is 22.0. The van der Waals surface area contributed by atoms with Gasteiger partial charge in [-0.25, -0.2) is 5.43 Å². The largest absolute Gasteiger partial charge is 0.322 e. The van der Waals surface area contributed by atoms with Crippen LogP contribution < -0.4 is 10.7 Å². The predicted octanol–water partition coefficient (Wildman–Crippen LogP) is 5.89. The van der Waals surface area contributed by atoms with E-state index in [1.165, 1.54) is 11.6 Å². The van der Waals surface area contributed by atoms with E-state index in [0.717, 1.165) is 12.0 Å². The number of amides is 2. The van der Waals surface area contributed by atoms with Gasteiger partial charge in [0.25, 0.3) is 5.91 Å². The molecule has 7 heteroatoms. The number of anilines is 1. The Bertz CT molecular complexity index is 1180. The highest BCUT2D eigenvalue weighted by molar-refractivity contribution is 6.37. The van der Waals surface area contributed by atoms with Gasteiger partial charge in [-0.05, 0) is 60.7 Å². The third kappa shape index (κ3) is 5.18. The molecule has 0 unspecified atom stereocenters. The first kappa shape index (κ1) is 22.1. The molecule has 4 rings (SSSR count). The van der Waals surface area contributed by atoms with Crippen LogP contribution in [0, 0.1) is 5.92 Å². The van der Waals surface area contributed by atoms with Crippen LogP contribution in [0.15, 0.2) is 77.9 Å². The van der Waals surface area contributed by atoms with Gasteiger partial charge >= 0.3 is 0 Å². The zero-order chi connectivity index (χ0) is 22.7. The standard InChI is InChI=1S/C25H21Cl2N3O2/c1-15(29-30-25(32)22-14-21(22)17-5-3-2-4-6-17)16-7-10-19(11-8-16)28-24(31)20-12-9-18(26)13-23(20)27/h2-13,21-22H,14H2,1H3,(H,28,31)(H,30,32)/b29-15+/t21-,22+/m1/s1. The second-order valence-electron chi connectivity index (χ2n) is 7.69. The normalized spacial score (nSPS) is 17.5. The number of nitrogens with one attached hydrogen (secondary N) is 2. The molecule has 0 spiro atoms. The topological polar surface area (TPSA) is 70.6 Å². The van der Waals surface area contributed by atoms with Crippen LogP contribution in [0.25, 0.3) is 0 Å². The molecule has 3 aromatic carbocycles. The van der Waals surface area contributed by atoms with Gasteiger partial charge < -0.3 is 5.32 Å². The lowest BCUT2D eigenvalue weighted by Crippen LogP contribution is -2.21. The van der Waals surface area contributed by atoms with E-state index >= 15 is 0 Å². The van der Waals surface area contributed by atoms with Crippen molar-refractivity contribution in [3.8, 4) is 0 Å². The number of carbonyl (C=O) groups excluding carboxylic acids is 2. The number of carbonyl (C=O) groups is 2. The van der Waals surface area contributed by atoms with E-state index in [1.54, 1.807) is 24.3 Å². The van der Waals surface area contributed by atoms with E-state index in [0.29, 0.717) is 22.0 Å². The lowest BCUT2D eigenvalue weighted by Gasteiger charge is -2.08. The van der Waals surface area contributed by atoms with Crippen molar-refractivity contribution >= 4 is 46.4 Å². The molecule has 0 aliphatic heterocycles. The smallest absolute Gasteiger partial charge is 0.257 e. The first-order valence-corrected chi connectivity index (χ1v) is 10.9. The van der Waals surface area contributed by atoms with Gasteiger partial charge in [0.1, 0.15) is 0 Å². The van der Waals surface area contributed by atoms with Crippen molar-refractivity contribution in [3.63, 3.8) is 0 Å². The summed E-state index contributed by atoms with van der Waals surface area (Å²) in [6.07, 6.45) is 0.844. The second-order valence-corrected chi connectivity index (χ2v) is 8.53. The molecule has 2 N–H and O–H groups in total. The van der Waals surface area contributed by atoms with Crippen molar-refractivity contribution in [2.75, 3.05) is 5.32 Å². The number of hydrogen-bond acceptors (Lipinski definition) is 3. The Morgan fingerprint density at radius 3 is 2.38 bits per heavy atom. The number of rotatable bonds is 6. The average Bonchev–Trinajstić information content (AvgIpc) is 3.59. The summed E-state index contributed by atoms with van der Waals surface area (Å²) >= 11 is 12.0. The van der Waals surface area contributed by atoms with Gasteiger partial charge in [0.05, 0.1) is 16.3 Å². The van der Waals surface area contributed by atoms with Crippen LogP contribution in [0.3, 0.4) is 0 Å². The third-order valence-electron chi connectivity index (χ3n) is 5.43. The fourth-order valence-electron chi connectivity index (χ4n) is 3.51. The molecular weight excluding hydrogens is 445 g/mol. The fraction of sp³-hybridized carbons (Fsp3) is 0.160. The maximum absolute atomic E-state index is 12.4. The lowest BCUT2D eigenvalue weighted by molar-refractivity contribution is -0.122. The molecule has 2 atom stereocenters. The maximum Gasteiger partial charge on any atom is 0.257 e. The van der Waals surface area contributed by atoms with Gasteiger partial charge in [-0.15, -0.1) is 0 Å². The molecular formula is C25H21Cl2N3O2. The van der Waals surface area contributed by atoms with Crippen molar-refractivity contribution in [1.82, 2.24) is 5.43 Å². The van der Waals surface area contributed by atoms with Crippen molar-refractivity contribution < 1.29 is 9.59 Å². The molecule has 0 radical (unpaired) electrons. The molecule has 1 saturated carbocycles. The first-order chi connectivity index (χ1) is 15.4. The number of halogens is 2. The summed E-state index contributed by atoms with van der Waals surface area (Å²) in [4.78, 5) is 24.8. The van der Waals surface area contributed by atoms with Crippen LogP contribution in [-0.2, 0) is 4.79 Å². The summed E-state index contributed by atoms with van der Waals surface area (Å²) in [6.45, 7) is 1.82. The molecule has 162 valence electrons. The van der Waals surface area contributed by atoms with Crippen molar-refractivity contribution in [1.29, 1.82) is 0 Å². The quantitative estimate of drug-likeness (QED) is 0.351. The molecule has 32 heavy (non-hydrogen) atoms. The molecule has 1 aliphatic carbocycles. The predicted molar refractivity (Wildman–Crippen MR) is 129 cm³/mol. The minimum atomic E-state index is -0.325. The molecule has 3 aromatic rings. The third-order valence-corrected chi connectivity index (χ3v) is 5.97. The lowest BCUT2D eigenvalue weighted by atomic mass is 10.1. The average molecular weight is 466 g/mol. The minimum absolute atomic E-state index is 0.0359. The van der Waals surface area contributed by atoms with Crippen LogP contribution in [-0.4, -0.2) is 17.5 Å². The van der Waals surface area contributed by atoms with Gasteiger partial charge in [-0.1, -0.05) is 65.7 Å². The summed E-state index contributed by atoms with van der Waals surface area (Å²) in [5, 5.41) is 7.80. The molecule has 5 nitrogen and oxygen atoms in total. The van der Waals surface area contributed by atoms with Gasteiger partial charge in [-0.2, -0.15) is 5.10 Å². The number of hydrogen-bond donors (Lipinski definition) is 2. The highest BCUT2D eigenvalue weighted by atomic mass is 35.5. The zero-order valence-corrected chi connectivity index (χ0v) is 18.8. The Morgan fingerprint density at radius 2 is 1.69 bits per heavy atom. The van der Waals surface area contributed by atoms with Crippen molar-refractivity contribution in [2.45, 2.75) is 19.3 Å². The van der Waals surface area contributed by atoms with Crippen molar-refractivity contribution in [3.05, 3.63) is 99.5 Å². The molecule has 1 aliphatic rings. The van der Waals surface area contributed by atoms with Crippen LogP contribution in [0.5, 0.6) is 0 Å². The molecule has 2 amide bonds. The monoisotopic (exact) mass is 465 g/mol. The van der Waals surface area contributed by atoms with Gasteiger partial charge in [-0.3, -0.25) is 9.59 Å². The minimum Gasteiger partial charge on any atom is -0.322 e. The molecule has 0 heterocycles. The summed E-state index contributed by atoms with van der Waals surface area (Å²) in [5.41, 5.74) is 6.33. The van der Waals surface area contributed by atoms with E-state index in [9.17, 15) is 9.59 Å². The zero-order valence-electron chi connectivity index (χ0n) is 17.3. The SMILES string of the molecule is C/C(=N\NC(=O)[C@H]1C[C@@H]1c1ccccc1)c1ccc(NC(=O)c2ccc(Cl)cc2Cl)cc1. The first-order valence-electron chi connectivity index (χ1n) is 10.2. The Labute approximate surface area is 196 Å². The number of hydrazone groups is 1. The van der Waals surface area contributed by atoms with Crippen LogP contribution >= 0.6 is 23.2 Å². The van der Waals surface area contributed by atoms with Gasteiger partial charge in [0.15, 0.2) is 0 Å². The Hall–Kier alpha value is -3.15. The number of benzene rings is 3. The highest BCUT2D eigenvalue weighted by Crippen LogP contribution is 2.47. The molecule has 0 saturated heterocycles. The van der Waals surface area contributed by atoms with E-state index in [-0.39, 0.29) is 28.7 Å². The van der Waals surface area contributed by atoms with Gasteiger partial charge in [0.2, 0.25) is 5.91 Å². The summed E-state index contributed by atoms with van der Waals surface area (Å²) in [7, 11) is 0. The Morgan fingerprint density at radius 1 is 0.969 bits per heavy atom. The molecule has 0 aromatic heterocycles. The summed E-state index contributed by atoms with van der Waals surface area (Å²) in [5.74, 6) is -0.161. The number of nitrogens with zero attached hydrogens (tertiary/aromatic N) is 1. The van der Waals surface area contributed by atoms with Crippen LogP contribution in [0.1, 0.15) is 40.7 Å². The maximum atomic E-state index is 12.4. The van der Waals surface area contributed by atoms with E-state index in [1.807, 2.05) is 49.4 Å². The van der Waals surface area contributed by atoms with E-state index < -0.39 is 0 Å². The molecule has 0 bridgehead atoms. The van der Waals surface area contributed by atoms with E-state index in [2.05, 4.69) is 15.8 Å². The molecule has 1 fully saturated rings. The second kappa shape index (κ2) is 9.55. The van der Waals surface area contributed by atoms with Crippen molar-refractivity contribution in [2.24, 2.45) is 11.0 Å².